The number of pyridine rings is 1. The highest BCUT2D eigenvalue weighted by Crippen LogP contribution is 2.12. The summed E-state index contributed by atoms with van der Waals surface area (Å²) < 4.78 is 10.3. The van der Waals surface area contributed by atoms with E-state index < -0.39 is 5.97 Å². The van der Waals surface area contributed by atoms with Gasteiger partial charge in [0.1, 0.15) is 11.5 Å². The maximum Gasteiger partial charge on any atom is 0.337 e. The largest absolute Gasteiger partial charge is 0.478 e. The van der Waals surface area contributed by atoms with Crippen LogP contribution in [0.2, 0.25) is 0 Å². The van der Waals surface area contributed by atoms with Gasteiger partial charge in [0, 0.05) is 13.7 Å². The lowest BCUT2D eigenvalue weighted by Crippen LogP contribution is -2.34. The van der Waals surface area contributed by atoms with Crippen LogP contribution in [0.25, 0.3) is 0 Å². The number of aromatic carboxylic acids is 1. The molecule has 7 nitrogen and oxygen atoms in total. The quantitative estimate of drug-likeness (QED) is 0.839. The number of rotatable bonds is 7. The van der Waals surface area contributed by atoms with Gasteiger partial charge in [0.2, 0.25) is 0 Å². The van der Waals surface area contributed by atoms with Gasteiger partial charge < -0.3 is 19.2 Å². The number of ether oxygens (including phenoxy) is 1. The van der Waals surface area contributed by atoms with E-state index in [1.54, 1.807) is 37.3 Å². The topological polar surface area (TPSA) is 92.9 Å². The van der Waals surface area contributed by atoms with Crippen LogP contribution in [0.1, 0.15) is 32.3 Å². The normalized spacial score (nSPS) is 10.5. The first kappa shape index (κ1) is 16.7. The number of aryl methyl sites for hydroxylation is 1. The molecule has 0 fully saturated rings. The van der Waals surface area contributed by atoms with Crippen LogP contribution in [0, 0.1) is 6.92 Å². The summed E-state index contributed by atoms with van der Waals surface area (Å²) in [4.78, 5) is 29.3. The molecule has 2 rings (SSSR count). The zero-order valence-corrected chi connectivity index (χ0v) is 13.0. The van der Waals surface area contributed by atoms with E-state index >= 15 is 0 Å². The monoisotopic (exact) mass is 318 g/mol. The Morgan fingerprint density at radius 1 is 1.35 bits per heavy atom. The molecule has 1 N–H and O–H groups in total. The highest BCUT2D eigenvalue weighted by molar-refractivity contribution is 5.94. The second kappa shape index (κ2) is 7.55. The second-order valence-corrected chi connectivity index (χ2v) is 4.93. The van der Waals surface area contributed by atoms with Crippen LogP contribution in [0.4, 0.5) is 0 Å². The number of amides is 1. The fraction of sp³-hybridized carbons (Fsp3) is 0.312. The molecule has 0 aliphatic heterocycles. The molecule has 0 saturated carbocycles. The average molecular weight is 318 g/mol. The van der Waals surface area contributed by atoms with E-state index in [-0.39, 0.29) is 23.7 Å². The number of carboxylic acids is 1. The van der Waals surface area contributed by atoms with Crippen LogP contribution < -0.4 is 0 Å². The third-order valence-corrected chi connectivity index (χ3v) is 3.31. The van der Waals surface area contributed by atoms with Crippen molar-refractivity contribution in [1.29, 1.82) is 0 Å². The molecule has 0 spiro atoms. The lowest BCUT2D eigenvalue weighted by Gasteiger charge is -2.21. The maximum absolute atomic E-state index is 12.6. The van der Waals surface area contributed by atoms with Crippen LogP contribution in [0.15, 0.2) is 34.9 Å². The molecule has 7 heteroatoms. The highest BCUT2D eigenvalue weighted by atomic mass is 16.5. The Labute approximate surface area is 133 Å². The van der Waals surface area contributed by atoms with Gasteiger partial charge in [0.05, 0.1) is 30.7 Å². The van der Waals surface area contributed by atoms with E-state index in [1.165, 1.54) is 12.1 Å². The first-order valence-electron chi connectivity index (χ1n) is 7.04. The average Bonchev–Trinajstić information content (AvgIpc) is 3.03. The van der Waals surface area contributed by atoms with Crippen LogP contribution >= 0.6 is 0 Å². The molecule has 0 unspecified atom stereocenters. The van der Waals surface area contributed by atoms with Gasteiger partial charge >= 0.3 is 5.97 Å². The Kier molecular flexibility index (Phi) is 5.48. The van der Waals surface area contributed by atoms with Crippen molar-refractivity contribution in [3.8, 4) is 0 Å². The molecule has 0 saturated heterocycles. The van der Waals surface area contributed by atoms with Crippen molar-refractivity contribution < 1.29 is 23.8 Å². The minimum atomic E-state index is -1.07. The van der Waals surface area contributed by atoms with Gasteiger partial charge in [-0.3, -0.25) is 4.79 Å². The number of furan rings is 1. The first-order chi connectivity index (χ1) is 11.0. The summed E-state index contributed by atoms with van der Waals surface area (Å²) in [6, 6.07) is 6.33. The molecule has 0 atom stereocenters. The molecule has 0 radical (unpaired) electrons. The van der Waals surface area contributed by atoms with Crippen LogP contribution in [-0.2, 0) is 11.3 Å². The minimum Gasteiger partial charge on any atom is -0.478 e. The van der Waals surface area contributed by atoms with Crippen molar-refractivity contribution in [2.45, 2.75) is 13.5 Å². The van der Waals surface area contributed by atoms with Gasteiger partial charge in [0.25, 0.3) is 5.91 Å². The Morgan fingerprint density at radius 2 is 2.13 bits per heavy atom. The highest BCUT2D eigenvalue weighted by Gasteiger charge is 2.20. The summed E-state index contributed by atoms with van der Waals surface area (Å²) in [6.07, 6.45) is 1.54. The van der Waals surface area contributed by atoms with E-state index in [9.17, 15) is 9.59 Å². The summed E-state index contributed by atoms with van der Waals surface area (Å²) in [6.45, 7) is 2.60. The Balaban J connectivity index is 2.22. The molecule has 2 aromatic rings. The third-order valence-electron chi connectivity index (χ3n) is 3.31. The Morgan fingerprint density at radius 3 is 2.70 bits per heavy atom. The van der Waals surface area contributed by atoms with Crippen molar-refractivity contribution in [2.24, 2.45) is 0 Å². The fourth-order valence-corrected chi connectivity index (χ4v) is 2.11. The summed E-state index contributed by atoms with van der Waals surface area (Å²) in [5, 5.41) is 9.03. The molecule has 0 aromatic carbocycles. The molecule has 1 amide bonds. The Hall–Kier alpha value is -2.67. The zero-order valence-electron chi connectivity index (χ0n) is 13.0. The molecule has 0 aliphatic rings. The molecule has 23 heavy (non-hydrogen) atoms. The predicted octanol–water partition coefficient (Wildman–Crippen LogP) is 1.97. The van der Waals surface area contributed by atoms with Gasteiger partial charge in [-0.1, -0.05) is 0 Å². The van der Waals surface area contributed by atoms with E-state index in [0.29, 0.717) is 24.6 Å². The lowest BCUT2D eigenvalue weighted by molar-refractivity contribution is 0.0655. The smallest absolute Gasteiger partial charge is 0.337 e. The van der Waals surface area contributed by atoms with Crippen molar-refractivity contribution in [1.82, 2.24) is 9.88 Å². The maximum atomic E-state index is 12.6. The number of hydrogen-bond donors (Lipinski definition) is 1. The first-order valence-corrected chi connectivity index (χ1v) is 7.04. The Bertz CT molecular complexity index is 682. The SMILES string of the molecule is COCCN(Cc1ccco1)C(=O)c1ccc(C(=O)O)c(C)n1. The van der Waals surface area contributed by atoms with Gasteiger partial charge in [-0.2, -0.15) is 0 Å². The standard InChI is InChI=1S/C16H18N2O5/c1-11-13(16(20)21)5-6-14(17-11)15(19)18(7-9-22-2)10-12-4-3-8-23-12/h3-6,8H,7,9-10H2,1-2H3,(H,20,21). The van der Waals surface area contributed by atoms with Gasteiger partial charge in [-0.05, 0) is 31.2 Å². The summed E-state index contributed by atoms with van der Waals surface area (Å²) in [7, 11) is 1.56. The van der Waals surface area contributed by atoms with Gasteiger partial charge in [-0.25, -0.2) is 9.78 Å². The summed E-state index contributed by atoms with van der Waals surface area (Å²) in [5.41, 5.74) is 0.569. The second-order valence-electron chi connectivity index (χ2n) is 4.93. The lowest BCUT2D eigenvalue weighted by atomic mass is 10.1. The number of carboxylic acid groups (broad SMARTS) is 1. The molecule has 2 heterocycles. The van der Waals surface area contributed by atoms with Gasteiger partial charge in [-0.15, -0.1) is 0 Å². The van der Waals surface area contributed by atoms with Crippen LogP contribution in [-0.4, -0.2) is 47.1 Å². The summed E-state index contributed by atoms with van der Waals surface area (Å²) >= 11 is 0. The number of carbonyl (C=O) groups is 2. The zero-order chi connectivity index (χ0) is 16.8. The summed E-state index contributed by atoms with van der Waals surface area (Å²) in [5.74, 6) is -0.729. The van der Waals surface area contributed by atoms with E-state index in [0.717, 1.165) is 0 Å². The van der Waals surface area contributed by atoms with Crippen molar-refractivity contribution in [3.05, 3.63) is 53.2 Å². The minimum absolute atomic E-state index is 0.0797. The molecular weight excluding hydrogens is 300 g/mol. The number of hydrogen-bond acceptors (Lipinski definition) is 5. The molecular formula is C16H18N2O5. The van der Waals surface area contributed by atoms with E-state index in [2.05, 4.69) is 4.98 Å². The number of carbonyl (C=O) groups excluding carboxylic acids is 1. The predicted molar refractivity (Wildman–Crippen MR) is 81.3 cm³/mol. The molecule has 0 aliphatic carbocycles. The van der Waals surface area contributed by atoms with Gasteiger partial charge in [0.15, 0.2) is 0 Å². The molecule has 0 bridgehead atoms. The van der Waals surface area contributed by atoms with Crippen molar-refractivity contribution in [2.75, 3.05) is 20.3 Å². The number of methoxy groups -OCH3 is 1. The third kappa shape index (κ3) is 4.17. The van der Waals surface area contributed by atoms with Crippen LogP contribution in [0.3, 0.4) is 0 Å². The van der Waals surface area contributed by atoms with Crippen LogP contribution in [0.5, 0.6) is 0 Å². The number of aromatic nitrogens is 1. The van der Waals surface area contributed by atoms with Crippen molar-refractivity contribution >= 4 is 11.9 Å². The fourth-order valence-electron chi connectivity index (χ4n) is 2.11. The van der Waals surface area contributed by atoms with Crippen molar-refractivity contribution in [3.63, 3.8) is 0 Å². The van der Waals surface area contributed by atoms with E-state index in [1.807, 2.05) is 0 Å². The molecule has 122 valence electrons. The molecule has 2 aromatic heterocycles. The number of nitrogens with zero attached hydrogens (tertiary/aromatic N) is 2. The van der Waals surface area contributed by atoms with E-state index in [4.69, 9.17) is 14.3 Å².